The summed E-state index contributed by atoms with van der Waals surface area (Å²) in [5, 5.41) is 0. The number of hydrogen-bond acceptors (Lipinski definition) is 2. The first-order chi connectivity index (χ1) is 9.47. The van der Waals surface area contributed by atoms with Crippen LogP contribution < -0.4 is 0 Å². The molecule has 0 radical (unpaired) electrons. The standard InChI is InChI=1S/C13H18O2.C3H8.C2H6/c1-4-13(2,3)12(14)15-10-11-8-6-5-7-9-11;1-3-2;1-2/h5-9H,4,10H2,1-3H3;3H2,1-2H3;1-2H3. The number of hydrogen-bond donors (Lipinski definition) is 0. The van der Waals surface area contributed by atoms with E-state index in [4.69, 9.17) is 4.74 Å². The molecule has 0 aliphatic heterocycles. The Hall–Kier alpha value is -1.31. The fourth-order valence-corrected chi connectivity index (χ4v) is 1.06. The van der Waals surface area contributed by atoms with Crippen molar-refractivity contribution in [3.8, 4) is 0 Å². The Morgan fingerprint density at radius 2 is 1.50 bits per heavy atom. The van der Waals surface area contributed by atoms with Gasteiger partial charge in [-0.2, -0.15) is 0 Å². The molecule has 2 nitrogen and oxygen atoms in total. The molecule has 0 N–H and O–H groups in total. The quantitative estimate of drug-likeness (QED) is 0.670. The molecule has 0 aliphatic rings. The lowest BCUT2D eigenvalue weighted by Gasteiger charge is -2.20. The first-order valence-corrected chi connectivity index (χ1v) is 7.69. The molecule has 0 bridgehead atoms. The molecule has 0 heterocycles. The summed E-state index contributed by atoms with van der Waals surface area (Å²) in [7, 11) is 0. The second kappa shape index (κ2) is 12.7. The molecule has 1 rings (SSSR count). The van der Waals surface area contributed by atoms with Crippen LogP contribution in [0.4, 0.5) is 0 Å². The van der Waals surface area contributed by atoms with E-state index in [0.717, 1.165) is 12.0 Å². The van der Waals surface area contributed by atoms with Gasteiger partial charge in [-0.1, -0.05) is 71.4 Å². The van der Waals surface area contributed by atoms with Gasteiger partial charge in [-0.3, -0.25) is 4.79 Å². The van der Waals surface area contributed by atoms with Crippen molar-refractivity contribution in [1.29, 1.82) is 0 Å². The molecule has 0 saturated carbocycles. The summed E-state index contributed by atoms with van der Waals surface area (Å²) in [5.41, 5.74) is 0.646. The second-order valence-corrected chi connectivity index (χ2v) is 5.01. The zero-order valence-electron chi connectivity index (χ0n) is 14.3. The van der Waals surface area contributed by atoms with Gasteiger partial charge in [-0.15, -0.1) is 0 Å². The zero-order valence-corrected chi connectivity index (χ0v) is 14.3. The number of esters is 1. The van der Waals surface area contributed by atoms with Crippen LogP contribution >= 0.6 is 0 Å². The lowest BCUT2D eigenvalue weighted by Crippen LogP contribution is -2.25. The van der Waals surface area contributed by atoms with Crippen molar-refractivity contribution in [1.82, 2.24) is 0 Å². The van der Waals surface area contributed by atoms with E-state index in [1.54, 1.807) is 0 Å². The summed E-state index contributed by atoms with van der Waals surface area (Å²) in [6.45, 7) is 14.4. The second-order valence-electron chi connectivity index (χ2n) is 5.01. The minimum Gasteiger partial charge on any atom is -0.460 e. The Morgan fingerprint density at radius 1 is 1.05 bits per heavy atom. The monoisotopic (exact) mass is 280 g/mol. The van der Waals surface area contributed by atoms with Gasteiger partial charge in [0.2, 0.25) is 0 Å². The fourth-order valence-electron chi connectivity index (χ4n) is 1.06. The first-order valence-electron chi connectivity index (χ1n) is 7.69. The largest absolute Gasteiger partial charge is 0.460 e. The average molecular weight is 280 g/mol. The topological polar surface area (TPSA) is 26.3 Å². The van der Waals surface area contributed by atoms with E-state index < -0.39 is 0 Å². The van der Waals surface area contributed by atoms with Crippen LogP contribution in [0.25, 0.3) is 0 Å². The van der Waals surface area contributed by atoms with E-state index in [9.17, 15) is 4.79 Å². The van der Waals surface area contributed by atoms with Gasteiger partial charge in [0, 0.05) is 0 Å². The molecule has 1 aromatic carbocycles. The molecule has 0 unspecified atom stereocenters. The van der Waals surface area contributed by atoms with Crippen molar-refractivity contribution >= 4 is 5.97 Å². The Morgan fingerprint density at radius 3 is 1.90 bits per heavy atom. The van der Waals surface area contributed by atoms with Crippen LogP contribution in [0.15, 0.2) is 30.3 Å². The fraction of sp³-hybridized carbons (Fsp3) is 0.611. The van der Waals surface area contributed by atoms with Gasteiger partial charge in [0.05, 0.1) is 5.41 Å². The van der Waals surface area contributed by atoms with Gasteiger partial charge in [0.1, 0.15) is 6.61 Å². The van der Waals surface area contributed by atoms with Crippen molar-refractivity contribution in [2.75, 3.05) is 0 Å². The van der Waals surface area contributed by atoms with Crippen LogP contribution in [0.2, 0.25) is 0 Å². The molecule has 0 aliphatic carbocycles. The van der Waals surface area contributed by atoms with Gasteiger partial charge in [0.25, 0.3) is 0 Å². The predicted molar refractivity (Wildman–Crippen MR) is 87.6 cm³/mol. The summed E-state index contributed by atoms with van der Waals surface area (Å²) in [6.07, 6.45) is 2.04. The maximum absolute atomic E-state index is 11.6. The van der Waals surface area contributed by atoms with Crippen LogP contribution in [0, 0.1) is 5.41 Å². The van der Waals surface area contributed by atoms with E-state index in [1.807, 2.05) is 65.0 Å². The van der Waals surface area contributed by atoms with Crippen molar-refractivity contribution < 1.29 is 9.53 Å². The smallest absolute Gasteiger partial charge is 0.311 e. The molecule has 0 amide bonds. The summed E-state index contributed by atoms with van der Waals surface area (Å²) in [6, 6.07) is 9.72. The Labute approximate surface area is 125 Å². The van der Waals surface area contributed by atoms with Crippen molar-refractivity contribution in [2.45, 2.75) is 67.9 Å². The highest BCUT2D eigenvalue weighted by atomic mass is 16.5. The molecule has 2 heteroatoms. The van der Waals surface area contributed by atoms with Gasteiger partial charge in [-0.05, 0) is 25.8 Å². The van der Waals surface area contributed by atoms with Crippen molar-refractivity contribution in [3.05, 3.63) is 35.9 Å². The minimum absolute atomic E-state index is 0.131. The third-order valence-electron chi connectivity index (χ3n) is 2.65. The van der Waals surface area contributed by atoms with Crippen LogP contribution in [-0.2, 0) is 16.1 Å². The Bertz CT molecular complexity index is 329. The van der Waals surface area contributed by atoms with Gasteiger partial charge < -0.3 is 4.74 Å². The average Bonchev–Trinajstić information content (AvgIpc) is 2.48. The zero-order chi connectivity index (χ0) is 16.0. The Kier molecular flexibility index (Phi) is 13.3. The highest BCUT2D eigenvalue weighted by Crippen LogP contribution is 2.22. The molecular formula is C18H32O2. The SMILES string of the molecule is CC.CCC.CCC(C)(C)C(=O)OCc1ccccc1. The lowest BCUT2D eigenvalue weighted by molar-refractivity contribution is -0.155. The van der Waals surface area contributed by atoms with E-state index in [-0.39, 0.29) is 11.4 Å². The van der Waals surface area contributed by atoms with E-state index in [0.29, 0.717) is 6.61 Å². The van der Waals surface area contributed by atoms with E-state index in [1.165, 1.54) is 6.42 Å². The Balaban J connectivity index is 0. The third-order valence-corrected chi connectivity index (χ3v) is 2.65. The number of carbonyl (C=O) groups excluding carboxylic acids is 1. The normalized spacial score (nSPS) is 9.55. The van der Waals surface area contributed by atoms with Crippen LogP contribution in [0.5, 0.6) is 0 Å². The maximum Gasteiger partial charge on any atom is 0.311 e. The van der Waals surface area contributed by atoms with Crippen molar-refractivity contribution in [3.63, 3.8) is 0 Å². The molecule has 0 spiro atoms. The molecular weight excluding hydrogens is 248 g/mol. The summed E-state index contributed by atoms with van der Waals surface area (Å²) in [5.74, 6) is -0.131. The molecule has 0 fully saturated rings. The van der Waals surface area contributed by atoms with Gasteiger partial charge in [-0.25, -0.2) is 0 Å². The highest BCUT2D eigenvalue weighted by molar-refractivity contribution is 5.75. The van der Waals surface area contributed by atoms with Gasteiger partial charge in [0.15, 0.2) is 0 Å². The summed E-state index contributed by atoms with van der Waals surface area (Å²) < 4.78 is 5.24. The minimum atomic E-state index is -0.380. The van der Waals surface area contributed by atoms with E-state index >= 15 is 0 Å². The van der Waals surface area contributed by atoms with Crippen LogP contribution in [0.3, 0.4) is 0 Å². The molecule has 116 valence electrons. The number of rotatable bonds is 4. The highest BCUT2D eigenvalue weighted by Gasteiger charge is 2.26. The summed E-state index contributed by atoms with van der Waals surface area (Å²) >= 11 is 0. The lowest BCUT2D eigenvalue weighted by atomic mass is 9.91. The first kappa shape index (κ1) is 21.0. The molecule has 20 heavy (non-hydrogen) atoms. The molecule has 0 aromatic heterocycles. The number of carbonyl (C=O) groups is 1. The molecule has 0 saturated heterocycles. The molecule has 1 aromatic rings. The van der Waals surface area contributed by atoms with Gasteiger partial charge >= 0.3 is 5.97 Å². The summed E-state index contributed by atoms with van der Waals surface area (Å²) in [4.78, 5) is 11.6. The van der Waals surface area contributed by atoms with Crippen molar-refractivity contribution in [2.24, 2.45) is 5.41 Å². The maximum atomic E-state index is 11.6. The van der Waals surface area contributed by atoms with E-state index in [2.05, 4.69) is 13.8 Å². The third kappa shape index (κ3) is 9.60. The van der Waals surface area contributed by atoms with Crippen LogP contribution in [-0.4, -0.2) is 5.97 Å². The number of ether oxygens (including phenoxy) is 1. The molecule has 0 atom stereocenters. The predicted octanol–water partition coefficient (Wildman–Crippen LogP) is 5.61. The van der Waals surface area contributed by atoms with Crippen LogP contribution in [0.1, 0.15) is 66.9 Å². The number of benzene rings is 1.